The number of nitrogens with two attached hydrogens (primary N) is 1. The number of hydrogen-bond donors (Lipinski definition) is 2. The van der Waals surface area contributed by atoms with Gasteiger partial charge in [-0.15, -0.1) is 0 Å². The molecule has 0 aliphatic heterocycles. The first kappa shape index (κ1) is 13.9. The monoisotopic (exact) mass is 338 g/mol. The minimum Gasteiger partial charge on any atom is -0.399 e. The second-order valence-corrected chi connectivity index (χ2v) is 5.42. The van der Waals surface area contributed by atoms with Gasteiger partial charge in [-0.2, -0.15) is 0 Å². The lowest BCUT2D eigenvalue weighted by atomic mass is 10.1. The van der Waals surface area contributed by atoms with Crippen molar-refractivity contribution in [2.75, 3.05) is 11.1 Å². The molecule has 0 bridgehead atoms. The first-order valence-electron chi connectivity index (χ1n) is 5.60. The number of benzene rings is 2. The van der Waals surface area contributed by atoms with Crippen molar-refractivity contribution < 1.29 is 4.79 Å². The van der Waals surface area contributed by atoms with Crippen molar-refractivity contribution in [3.05, 3.63) is 57.0 Å². The summed E-state index contributed by atoms with van der Waals surface area (Å²) in [4.78, 5) is 12.1. The molecule has 0 saturated carbocycles. The Labute approximate surface area is 124 Å². The lowest BCUT2D eigenvalue weighted by Crippen LogP contribution is -2.12. The maximum atomic E-state index is 12.1. The van der Waals surface area contributed by atoms with E-state index in [0.29, 0.717) is 22.0 Å². The van der Waals surface area contributed by atoms with Crippen molar-refractivity contribution in [1.82, 2.24) is 0 Å². The summed E-state index contributed by atoms with van der Waals surface area (Å²) in [7, 11) is 0. The van der Waals surface area contributed by atoms with Gasteiger partial charge in [-0.25, -0.2) is 0 Å². The summed E-state index contributed by atoms with van der Waals surface area (Å²) in [5.74, 6) is -0.190. The zero-order valence-electron chi connectivity index (χ0n) is 10.2. The summed E-state index contributed by atoms with van der Waals surface area (Å²) in [5, 5.41) is 3.46. The summed E-state index contributed by atoms with van der Waals surface area (Å²) in [6, 6.07) is 10.4. The highest BCUT2D eigenvalue weighted by atomic mass is 79.9. The predicted octanol–water partition coefficient (Wildman–Crippen LogP) is 4.25. The van der Waals surface area contributed by atoms with E-state index in [4.69, 9.17) is 17.3 Å². The molecule has 0 saturated heterocycles. The number of carbonyl (C=O) groups is 1. The van der Waals surface area contributed by atoms with Gasteiger partial charge in [0.2, 0.25) is 0 Å². The third kappa shape index (κ3) is 3.28. The standard InChI is InChI=1S/C14H12BrClN2O/c1-8-6-9(2-4-12(8)16)14(19)18-13-5-3-10(17)7-11(13)15/h2-7H,17H2,1H3,(H,18,19). The fourth-order valence-corrected chi connectivity index (χ4v) is 2.23. The van der Waals surface area contributed by atoms with E-state index in [2.05, 4.69) is 21.2 Å². The van der Waals surface area contributed by atoms with Crippen LogP contribution in [-0.4, -0.2) is 5.91 Å². The molecule has 1 amide bonds. The van der Waals surface area contributed by atoms with Crippen molar-refractivity contribution in [1.29, 1.82) is 0 Å². The van der Waals surface area contributed by atoms with Gasteiger partial charge in [0.05, 0.1) is 5.69 Å². The summed E-state index contributed by atoms with van der Waals surface area (Å²) in [5.41, 5.74) is 8.38. The third-order valence-corrected chi connectivity index (χ3v) is 3.74. The average Bonchev–Trinajstić information content (AvgIpc) is 2.36. The predicted molar refractivity (Wildman–Crippen MR) is 82.7 cm³/mol. The fourth-order valence-electron chi connectivity index (χ4n) is 1.61. The molecule has 19 heavy (non-hydrogen) atoms. The molecule has 0 aromatic heterocycles. The molecular weight excluding hydrogens is 328 g/mol. The molecule has 5 heteroatoms. The molecule has 2 aromatic carbocycles. The maximum Gasteiger partial charge on any atom is 0.255 e. The number of amides is 1. The van der Waals surface area contributed by atoms with Gasteiger partial charge in [0.25, 0.3) is 5.91 Å². The van der Waals surface area contributed by atoms with E-state index in [1.165, 1.54) is 0 Å². The van der Waals surface area contributed by atoms with Crippen molar-refractivity contribution in [3.8, 4) is 0 Å². The molecular formula is C14H12BrClN2O. The minimum absolute atomic E-state index is 0.190. The van der Waals surface area contributed by atoms with Crippen LogP contribution in [0.1, 0.15) is 15.9 Å². The normalized spacial score (nSPS) is 10.3. The SMILES string of the molecule is Cc1cc(C(=O)Nc2ccc(N)cc2Br)ccc1Cl. The van der Waals surface area contributed by atoms with Gasteiger partial charge in [0, 0.05) is 20.7 Å². The summed E-state index contributed by atoms with van der Waals surface area (Å²) in [6.45, 7) is 1.86. The van der Waals surface area contributed by atoms with E-state index in [1.807, 2.05) is 6.92 Å². The highest BCUT2D eigenvalue weighted by Gasteiger charge is 2.09. The Morgan fingerprint density at radius 2 is 2.00 bits per heavy atom. The zero-order chi connectivity index (χ0) is 14.0. The van der Waals surface area contributed by atoms with E-state index < -0.39 is 0 Å². The number of rotatable bonds is 2. The van der Waals surface area contributed by atoms with Crippen molar-refractivity contribution in [3.63, 3.8) is 0 Å². The van der Waals surface area contributed by atoms with Gasteiger partial charge in [0.15, 0.2) is 0 Å². The molecule has 0 aliphatic carbocycles. The molecule has 0 unspecified atom stereocenters. The van der Waals surface area contributed by atoms with Gasteiger partial charge >= 0.3 is 0 Å². The second kappa shape index (κ2) is 5.63. The molecule has 0 fully saturated rings. The molecule has 98 valence electrons. The summed E-state index contributed by atoms with van der Waals surface area (Å²) >= 11 is 9.29. The van der Waals surface area contributed by atoms with E-state index in [1.54, 1.807) is 36.4 Å². The van der Waals surface area contributed by atoms with Crippen LogP contribution in [0.5, 0.6) is 0 Å². The molecule has 0 radical (unpaired) electrons. The molecule has 3 N–H and O–H groups in total. The van der Waals surface area contributed by atoms with E-state index >= 15 is 0 Å². The van der Waals surface area contributed by atoms with E-state index in [0.717, 1.165) is 10.0 Å². The van der Waals surface area contributed by atoms with E-state index in [9.17, 15) is 4.79 Å². The first-order valence-corrected chi connectivity index (χ1v) is 6.77. The lowest BCUT2D eigenvalue weighted by Gasteiger charge is -2.09. The van der Waals surface area contributed by atoms with Gasteiger partial charge in [0.1, 0.15) is 0 Å². The Balaban J connectivity index is 2.23. The Morgan fingerprint density at radius 1 is 1.26 bits per heavy atom. The van der Waals surface area contributed by atoms with Gasteiger partial charge in [-0.1, -0.05) is 11.6 Å². The molecule has 0 heterocycles. The fraction of sp³-hybridized carbons (Fsp3) is 0.0714. The molecule has 0 atom stereocenters. The number of nitrogen functional groups attached to an aromatic ring is 1. The van der Waals surface area contributed by atoms with Gasteiger partial charge < -0.3 is 11.1 Å². The Morgan fingerprint density at radius 3 is 2.63 bits per heavy atom. The van der Waals surface area contributed by atoms with E-state index in [-0.39, 0.29) is 5.91 Å². The highest BCUT2D eigenvalue weighted by Crippen LogP contribution is 2.25. The second-order valence-electron chi connectivity index (χ2n) is 4.16. The van der Waals surface area contributed by atoms with Crippen LogP contribution in [0.25, 0.3) is 0 Å². The lowest BCUT2D eigenvalue weighted by molar-refractivity contribution is 0.102. The quantitative estimate of drug-likeness (QED) is 0.804. The van der Waals surface area contributed by atoms with Crippen LogP contribution in [0.3, 0.4) is 0 Å². The average molecular weight is 340 g/mol. The van der Waals surface area contributed by atoms with Crippen LogP contribution >= 0.6 is 27.5 Å². The Kier molecular flexibility index (Phi) is 4.12. The third-order valence-electron chi connectivity index (χ3n) is 2.66. The first-order chi connectivity index (χ1) is 8.97. The Hall–Kier alpha value is -1.52. The molecule has 3 nitrogen and oxygen atoms in total. The molecule has 2 rings (SSSR count). The van der Waals surface area contributed by atoms with Crippen molar-refractivity contribution in [2.24, 2.45) is 0 Å². The van der Waals surface area contributed by atoms with Crippen LogP contribution in [-0.2, 0) is 0 Å². The molecule has 0 spiro atoms. The summed E-state index contributed by atoms with van der Waals surface area (Å²) in [6.07, 6.45) is 0. The zero-order valence-corrected chi connectivity index (χ0v) is 12.5. The Bertz CT molecular complexity index is 643. The van der Waals surface area contributed by atoms with Crippen LogP contribution in [0, 0.1) is 6.92 Å². The minimum atomic E-state index is -0.190. The van der Waals surface area contributed by atoms with Crippen molar-refractivity contribution in [2.45, 2.75) is 6.92 Å². The number of hydrogen-bond acceptors (Lipinski definition) is 2. The number of aryl methyl sites for hydroxylation is 1. The van der Waals surface area contributed by atoms with Crippen LogP contribution in [0.2, 0.25) is 5.02 Å². The highest BCUT2D eigenvalue weighted by molar-refractivity contribution is 9.10. The number of anilines is 2. The number of halogens is 2. The van der Waals surface area contributed by atoms with Gasteiger partial charge in [-0.05, 0) is 64.8 Å². The van der Waals surface area contributed by atoms with Gasteiger partial charge in [-0.3, -0.25) is 4.79 Å². The van der Waals surface area contributed by atoms with Crippen LogP contribution in [0.15, 0.2) is 40.9 Å². The largest absolute Gasteiger partial charge is 0.399 e. The topological polar surface area (TPSA) is 55.1 Å². The number of nitrogens with one attached hydrogen (secondary N) is 1. The van der Waals surface area contributed by atoms with Crippen LogP contribution in [0.4, 0.5) is 11.4 Å². The number of carbonyl (C=O) groups excluding carboxylic acids is 1. The van der Waals surface area contributed by atoms with Crippen molar-refractivity contribution >= 4 is 44.8 Å². The molecule has 2 aromatic rings. The maximum absolute atomic E-state index is 12.1. The molecule has 0 aliphatic rings. The van der Waals surface area contributed by atoms with Crippen LogP contribution < -0.4 is 11.1 Å². The smallest absolute Gasteiger partial charge is 0.255 e. The summed E-state index contributed by atoms with van der Waals surface area (Å²) < 4.78 is 0.742.